The van der Waals surface area contributed by atoms with Crippen LogP contribution in [0.15, 0.2) is 42.5 Å². The smallest absolute Gasteiger partial charge is 0.406 e. The van der Waals surface area contributed by atoms with Crippen molar-refractivity contribution in [3.8, 4) is 5.75 Å². The van der Waals surface area contributed by atoms with Gasteiger partial charge in [-0.1, -0.05) is 29.8 Å². The molecule has 1 atom stereocenters. The first-order chi connectivity index (χ1) is 13.2. The van der Waals surface area contributed by atoms with Crippen molar-refractivity contribution in [1.82, 2.24) is 10.2 Å². The largest absolute Gasteiger partial charge is 0.573 e. The molecule has 0 bridgehead atoms. The molecule has 30 heavy (non-hydrogen) atoms. The Morgan fingerprint density at radius 1 is 1.03 bits per heavy atom. The standard InChI is InChI=1S/C20H23ClF3N3O.2ClH/c1-26(2)15-5-8-17(18(21)13-15)19(27-11-9-25-10-12-27)14-3-6-16(7-4-14)28-20(22,23)24;;/h3-8,13,19,25H,9-12H2,1-2H3;2*1H/t19-;;/m0../s1. The van der Waals surface area contributed by atoms with Crippen LogP contribution < -0.4 is 15.0 Å². The van der Waals surface area contributed by atoms with E-state index in [-0.39, 0.29) is 36.6 Å². The summed E-state index contributed by atoms with van der Waals surface area (Å²) < 4.78 is 41.4. The topological polar surface area (TPSA) is 27.7 Å². The third kappa shape index (κ3) is 6.82. The minimum Gasteiger partial charge on any atom is -0.406 e. The molecular weight excluding hydrogens is 462 g/mol. The Balaban J connectivity index is 0.00000225. The predicted octanol–water partition coefficient (Wildman–Crippen LogP) is 5.14. The van der Waals surface area contributed by atoms with Crippen molar-refractivity contribution in [3.63, 3.8) is 0 Å². The first kappa shape index (κ1) is 26.7. The van der Waals surface area contributed by atoms with E-state index in [9.17, 15) is 13.2 Å². The van der Waals surface area contributed by atoms with Gasteiger partial charge in [0.05, 0.1) is 6.04 Å². The average molecular weight is 487 g/mol. The number of hydrogen-bond donors (Lipinski definition) is 1. The molecule has 0 spiro atoms. The number of hydrogen-bond acceptors (Lipinski definition) is 4. The van der Waals surface area contributed by atoms with Gasteiger partial charge in [0.2, 0.25) is 0 Å². The summed E-state index contributed by atoms with van der Waals surface area (Å²) in [6.07, 6.45) is -4.70. The Morgan fingerprint density at radius 2 is 1.63 bits per heavy atom. The van der Waals surface area contributed by atoms with Crippen LogP contribution in [0.3, 0.4) is 0 Å². The number of nitrogens with zero attached hydrogens (tertiary/aromatic N) is 2. The van der Waals surface area contributed by atoms with Crippen molar-refractivity contribution in [2.75, 3.05) is 45.2 Å². The Hall–Kier alpha value is -1.38. The molecule has 1 aliphatic rings. The second kappa shape index (κ2) is 11.3. The van der Waals surface area contributed by atoms with Crippen molar-refractivity contribution >= 4 is 42.1 Å². The first-order valence-electron chi connectivity index (χ1n) is 9.02. The van der Waals surface area contributed by atoms with Crippen molar-refractivity contribution in [3.05, 3.63) is 58.6 Å². The monoisotopic (exact) mass is 485 g/mol. The maximum Gasteiger partial charge on any atom is 0.573 e. The molecule has 1 aliphatic heterocycles. The number of alkyl halides is 3. The molecule has 168 valence electrons. The summed E-state index contributed by atoms with van der Waals surface area (Å²) in [5.74, 6) is -0.232. The molecule has 4 nitrogen and oxygen atoms in total. The summed E-state index contributed by atoms with van der Waals surface area (Å²) in [7, 11) is 3.89. The number of anilines is 1. The Morgan fingerprint density at radius 3 is 2.13 bits per heavy atom. The normalized spacial score (nSPS) is 15.5. The van der Waals surface area contributed by atoms with E-state index in [0.717, 1.165) is 43.0 Å². The second-order valence-corrected chi connectivity index (χ2v) is 7.31. The number of benzene rings is 2. The molecule has 0 saturated carbocycles. The van der Waals surface area contributed by atoms with Crippen LogP contribution in [0.4, 0.5) is 18.9 Å². The number of halogens is 6. The molecule has 2 aromatic carbocycles. The van der Waals surface area contributed by atoms with Gasteiger partial charge in [0.25, 0.3) is 0 Å². The van der Waals surface area contributed by atoms with E-state index in [1.165, 1.54) is 12.1 Å². The van der Waals surface area contributed by atoms with Crippen LogP contribution in [0.2, 0.25) is 5.02 Å². The highest BCUT2D eigenvalue weighted by molar-refractivity contribution is 6.31. The summed E-state index contributed by atoms with van der Waals surface area (Å²) in [5, 5.41) is 3.95. The maximum absolute atomic E-state index is 12.5. The fourth-order valence-corrected chi connectivity index (χ4v) is 3.67. The highest BCUT2D eigenvalue weighted by atomic mass is 35.5. The molecule has 2 aromatic rings. The van der Waals surface area contributed by atoms with Crippen LogP contribution in [0.5, 0.6) is 5.75 Å². The van der Waals surface area contributed by atoms with Gasteiger partial charge < -0.3 is 15.0 Å². The second-order valence-electron chi connectivity index (χ2n) is 6.91. The van der Waals surface area contributed by atoms with Crippen LogP contribution in [-0.2, 0) is 0 Å². The third-order valence-electron chi connectivity index (χ3n) is 4.74. The summed E-state index contributed by atoms with van der Waals surface area (Å²) in [4.78, 5) is 4.26. The summed E-state index contributed by atoms with van der Waals surface area (Å²) in [6.45, 7) is 3.33. The van der Waals surface area contributed by atoms with Gasteiger partial charge in [0, 0.05) is 51.0 Å². The highest BCUT2D eigenvalue weighted by Gasteiger charge is 2.31. The molecule has 0 amide bonds. The molecule has 0 aliphatic carbocycles. The molecule has 0 aromatic heterocycles. The molecule has 1 heterocycles. The van der Waals surface area contributed by atoms with Crippen molar-refractivity contribution in [1.29, 1.82) is 0 Å². The van der Waals surface area contributed by atoms with E-state index in [0.29, 0.717) is 5.02 Å². The number of ether oxygens (including phenoxy) is 1. The van der Waals surface area contributed by atoms with Gasteiger partial charge in [-0.15, -0.1) is 38.0 Å². The highest BCUT2D eigenvalue weighted by Crippen LogP contribution is 2.36. The van der Waals surface area contributed by atoms with Gasteiger partial charge in [-0.25, -0.2) is 0 Å². The van der Waals surface area contributed by atoms with Crippen molar-refractivity contribution < 1.29 is 17.9 Å². The minimum absolute atomic E-state index is 0. The van der Waals surface area contributed by atoms with Crippen molar-refractivity contribution in [2.24, 2.45) is 0 Å². The lowest BCUT2D eigenvalue weighted by Crippen LogP contribution is -2.45. The van der Waals surface area contributed by atoms with Gasteiger partial charge in [-0.2, -0.15) is 0 Å². The van der Waals surface area contributed by atoms with E-state index >= 15 is 0 Å². The lowest BCUT2D eigenvalue weighted by atomic mass is 9.96. The predicted molar refractivity (Wildman–Crippen MR) is 120 cm³/mol. The lowest BCUT2D eigenvalue weighted by Gasteiger charge is -2.36. The van der Waals surface area contributed by atoms with E-state index in [1.807, 2.05) is 37.2 Å². The van der Waals surface area contributed by atoms with Crippen LogP contribution in [0.1, 0.15) is 17.2 Å². The van der Waals surface area contributed by atoms with Gasteiger partial charge in [-0.3, -0.25) is 4.90 Å². The summed E-state index contributed by atoms with van der Waals surface area (Å²) in [5.41, 5.74) is 2.79. The first-order valence-corrected chi connectivity index (χ1v) is 9.39. The third-order valence-corrected chi connectivity index (χ3v) is 5.07. The van der Waals surface area contributed by atoms with Crippen LogP contribution in [0.25, 0.3) is 0 Å². The lowest BCUT2D eigenvalue weighted by molar-refractivity contribution is -0.274. The van der Waals surface area contributed by atoms with Gasteiger partial charge >= 0.3 is 6.36 Å². The molecule has 1 fully saturated rings. The summed E-state index contributed by atoms with van der Waals surface area (Å²) in [6, 6.07) is 11.8. The summed E-state index contributed by atoms with van der Waals surface area (Å²) >= 11 is 6.61. The minimum atomic E-state index is -4.70. The average Bonchev–Trinajstić information content (AvgIpc) is 2.64. The van der Waals surface area contributed by atoms with Crippen LogP contribution in [-0.4, -0.2) is 51.5 Å². The van der Waals surface area contributed by atoms with Crippen LogP contribution in [0, 0.1) is 0 Å². The Kier molecular flexibility index (Phi) is 10.0. The van der Waals surface area contributed by atoms with E-state index in [4.69, 9.17) is 11.6 Å². The SMILES string of the molecule is CN(C)c1ccc([C@H](c2ccc(OC(F)(F)F)cc2)N2CCNCC2)c(Cl)c1.Cl.Cl. The van der Waals surface area contributed by atoms with Gasteiger partial charge in [-0.05, 0) is 35.4 Å². The quantitative estimate of drug-likeness (QED) is 0.633. The number of rotatable bonds is 5. The fraction of sp³-hybridized carbons (Fsp3) is 0.400. The van der Waals surface area contributed by atoms with E-state index in [1.54, 1.807) is 12.1 Å². The zero-order valence-electron chi connectivity index (χ0n) is 16.6. The molecule has 0 radical (unpaired) electrons. The van der Waals surface area contributed by atoms with E-state index < -0.39 is 6.36 Å². The number of nitrogens with one attached hydrogen (secondary N) is 1. The van der Waals surface area contributed by atoms with Crippen molar-refractivity contribution in [2.45, 2.75) is 12.4 Å². The Labute approximate surface area is 192 Å². The molecular formula is C20H25Cl3F3N3O. The molecule has 0 unspecified atom stereocenters. The zero-order chi connectivity index (χ0) is 20.3. The zero-order valence-corrected chi connectivity index (χ0v) is 19.0. The van der Waals surface area contributed by atoms with Gasteiger partial charge in [0.1, 0.15) is 5.75 Å². The van der Waals surface area contributed by atoms with E-state index in [2.05, 4.69) is 15.0 Å². The maximum atomic E-state index is 12.5. The van der Waals surface area contributed by atoms with Gasteiger partial charge in [0.15, 0.2) is 0 Å². The Bertz CT molecular complexity index is 798. The molecule has 1 N–H and O–H groups in total. The van der Waals surface area contributed by atoms with Crippen LogP contribution >= 0.6 is 36.4 Å². The molecule has 3 rings (SSSR count). The molecule has 10 heteroatoms. The molecule has 1 saturated heterocycles. The number of piperazine rings is 1. The fourth-order valence-electron chi connectivity index (χ4n) is 3.40.